The first-order valence-electron chi connectivity index (χ1n) is 7.62. The maximum atomic E-state index is 12.7. The van der Waals surface area contributed by atoms with E-state index < -0.39 is 10.0 Å². The molecule has 2 N–H and O–H groups in total. The van der Waals surface area contributed by atoms with Crippen molar-refractivity contribution in [3.05, 3.63) is 70.8 Å². The zero-order valence-corrected chi connectivity index (χ0v) is 14.7. The Hall–Kier alpha value is -3.04. The summed E-state index contributed by atoms with van der Waals surface area (Å²) in [5.41, 5.74) is 1.36. The molecule has 2 heterocycles. The quantitative estimate of drug-likeness (QED) is 0.674. The van der Waals surface area contributed by atoms with E-state index in [0.29, 0.717) is 11.3 Å². The van der Waals surface area contributed by atoms with Crippen molar-refractivity contribution < 1.29 is 13.2 Å². The van der Waals surface area contributed by atoms with Crippen LogP contribution < -0.4 is 15.0 Å². The SMILES string of the molecule is COc1ccc(-c2ccc(=O)[nH]n2)cc1S(=O)(=O)NCc1cccnc1. The van der Waals surface area contributed by atoms with Crippen LogP contribution in [0.3, 0.4) is 0 Å². The van der Waals surface area contributed by atoms with E-state index in [1.807, 2.05) is 0 Å². The number of hydrogen-bond acceptors (Lipinski definition) is 6. The molecule has 0 saturated heterocycles. The fourth-order valence-electron chi connectivity index (χ4n) is 2.31. The van der Waals surface area contributed by atoms with Gasteiger partial charge in [0.05, 0.1) is 12.8 Å². The van der Waals surface area contributed by atoms with Crippen LogP contribution in [0.1, 0.15) is 5.56 Å². The largest absolute Gasteiger partial charge is 0.495 e. The van der Waals surface area contributed by atoms with Crippen LogP contribution in [-0.2, 0) is 16.6 Å². The van der Waals surface area contributed by atoms with Crippen LogP contribution in [-0.4, -0.2) is 30.7 Å². The highest BCUT2D eigenvalue weighted by molar-refractivity contribution is 7.89. The first-order chi connectivity index (χ1) is 12.5. The predicted molar refractivity (Wildman–Crippen MR) is 95.1 cm³/mol. The summed E-state index contributed by atoms with van der Waals surface area (Å²) in [6.45, 7) is 0.0977. The highest BCUT2D eigenvalue weighted by Crippen LogP contribution is 2.28. The molecule has 3 rings (SSSR count). The molecule has 0 atom stereocenters. The minimum Gasteiger partial charge on any atom is -0.495 e. The molecule has 8 nitrogen and oxygen atoms in total. The summed E-state index contributed by atoms with van der Waals surface area (Å²) in [6.07, 6.45) is 3.20. The standard InChI is InChI=1S/C17H16N4O4S/c1-25-15-6-4-13(14-5-7-17(22)21-20-14)9-16(15)26(23,24)19-11-12-3-2-8-18-10-12/h2-10,19H,11H2,1H3,(H,21,22). The van der Waals surface area contributed by atoms with Gasteiger partial charge in [0.1, 0.15) is 10.6 Å². The van der Waals surface area contributed by atoms with Crippen LogP contribution in [0.4, 0.5) is 0 Å². The van der Waals surface area contributed by atoms with Gasteiger partial charge in [-0.25, -0.2) is 18.2 Å². The van der Waals surface area contributed by atoms with Crippen LogP contribution in [0.15, 0.2) is 64.5 Å². The number of nitrogens with zero attached hydrogens (tertiary/aromatic N) is 2. The average Bonchev–Trinajstić information content (AvgIpc) is 2.67. The second-order valence-electron chi connectivity index (χ2n) is 5.36. The molecular formula is C17H16N4O4S. The Labute approximate surface area is 149 Å². The number of aromatic nitrogens is 3. The van der Waals surface area contributed by atoms with Crippen molar-refractivity contribution >= 4 is 10.0 Å². The Balaban J connectivity index is 1.95. The van der Waals surface area contributed by atoms with Crippen LogP contribution in [0.5, 0.6) is 5.75 Å². The van der Waals surface area contributed by atoms with E-state index in [4.69, 9.17) is 4.74 Å². The van der Waals surface area contributed by atoms with E-state index in [2.05, 4.69) is 19.9 Å². The lowest BCUT2D eigenvalue weighted by atomic mass is 10.1. The maximum absolute atomic E-state index is 12.7. The maximum Gasteiger partial charge on any atom is 0.264 e. The lowest BCUT2D eigenvalue weighted by molar-refractivity contribution is 0.402. The molecule has 9 heteroatoms. The van der Waals surface area contributed by atoms with Gasteiger partial charge in [-0.05, 0) is 35.9 Å². The first kappa shape index (κ1) is 17.8. The van der Waals surface area contributed by atoms with Gasteiger partial charge in [0.25, 0.3) is 5.56 Å². The van der Waals surface area contributed by atoms with Gasteiger partial charge in [-0.15, -0.1) is 0 Å². The minimum atomic E-state index is -3.84. The van der Waals surface area contributed by atoms with Gasteiger partial charge in [0, 0.05) is 30.6 Å². The average molecular weight is 372 g/mol. The van der Waals surface area contributed by atoms with Crippen LogP contribution in [0.2, 0.25) is 0 Å². The molecule has 2 aromatic heterocycles. The molecule has 134 valence electrons. The number of benzene rings is 1. The summed E-state index contributed by atoms with van der Waals surface area (Å²) in [5.74, 6) is 0.205. The van der Waals surface area contributed by atoms with Gasteiger partial charge >= 0.3 is 0 Å². The highest BCUT2D eigenvalue weighted by atomic mass is 32.2. The second-order valence-corrected chi connectivity index (χ2v) is 7.09. The summed E-state index contributed by atoms with van der Waals surface area (Å²) >= 11 is 0. The van der Waals surface area contributed by atoms with E-state index in [0.717, 1.165) is 5.56 Å². The number of pyridine rings is 1. The van der Waals surface area contributed by atoms with Crippen molar-refractivity contribution in [2.75, 3.05) is 7.11 Å². The molecule has 0 saturated carbocycles. The smallest absolute Gasteiger partial charge is 0.264 e. The number of ether oxygens (including phenoxy) is 1. The Morgan fingerprint density at radius 2 is 2.04 bits per heavy atom. The number of rotatable bonds is 6. The molecule has 0 amide bonds. The summed E-state index contributed by atoms with van der Waals surface area (Å²) in [6, 6.07) is 11.0. The number of hydrogen-bond donors (Lipinski definition) is 2. The van der Waals surface area contributed by atoms with E-state index in [9.17, 15) is 13.2 Å². The van der Waals surface area contributed by atoms with E-state index >= 15 is 0 Å². The third kappa shape index (κ3) is 3.95. The molecule has 0 aliphatic carbocycles. The summed E-state index contributed by atoms with van der Waals surface area (Å²) < 4.78 is 33.2. The number of sulfonamides is 1. The predicted octanol–water partition coefficient (Wildman–Crippen LogP) is 1.32. The molecule has 0 fully saturated rings. The molecule has 26 heavy (non-hydrogen) atoms. The zero-order chi connectivity index (χ0) is 18.6. The Morgan fingerprint density at radius 1 is 1.19 bits per heavy atom. The van der Waals surface area contributed by atoms with Crippen molar-refractivity contribution in [2.45, 2.75) is 11.4 Å². The lowest BCUT2D eigenvalue weighted by Crippen LogP contribution is -2.24. The Morgan fingerprint density at radius 3 is 2.69 bits per heavy atom. The highest BCUT2D eigenvalue weighted by Gasteiger charge is 2.20. The molecule has 0 spiro atoms. The topological polar surface area (TPSA) is 114 Å². The second kappa shape index (κ2) is 7.46. The van der Waals surface area contributed by atoms with Crippen molar-refractivity contribution in [3.8, 4) is 17.0 Å². The van der Waals surface area contributed by atoms with Crippen LogP contribution in [0.25, 0.3) is 11.3 Å². The molecule has 0 unspecified atom stereocenters. The lowest BCUT2D eigenvalue weighted by Gasteiger charge is -2.12. The van der Waals surface area contributed by atoms with Gasteiger partial charge in [-0.1, -0.05) is 6.07 Å². The molecule has 0 radical (unpaired) electrons. The molecule has 3 aromatic rings. The molecule has 1 aromatic carbocycles. The van der Waals surface area contributed by atoms with E-state index in [-0.39, 0.29) is 22.7 Å². The molecule has 0 aliphatic rings. The van der Waals surface area contributed by atoms with Crippen molar-refractivity contribution in [2.24, 2.45) is 0 Å². The molecule has 0 bridgehead atoms. The number of methoxy groups -OCH3 is 1. The van der Waals surface area contributed by atoms with Crippen LogP contribution in [0, 0.1) is 0 Å². The van der Waals surface area contributed by atoms with Crippen molar-refractivity contribution in [3.63, 3.8) is 0 Å². The Kier molecular flexibility index (Phi) is 5.10. The number of nitrogens with one attached hydrogen (secondary N) is 2. The van der Waals surface area contributed by atoms with Gasteiger partial charge in [0.2, 0.25) is 10.0 Å². The number of aromatic amines is 1. The zero-order valence-electron chi connectivity index (χ0n) is 13.8. The van der Waals surface area contributed by atoms with E-state index in [1.54, 1.807) is 36.7 Å². The van der Waals surface area contributed by atoms with Gasteiger partial charge < -0.3 is 4.74 Å². The molecular weight excluding hydrogens is 356 g/mol. The van der Waals surface area contributed by atoms with Gasteiger partial charge in [0.15, 0.2) is 0 Å². The summed E-state index contributed by atoms with van der Waals surface area (Å²) in [5, 5.41) is 6.24. The normalized spacial score (nSPS) is 11.3. The summed E-state index contributed by atoms with van der Waals surface area (Å²) in [4.78, 5) is 15.1. The Bertz CT molecular complexity index is 1050. The van der Waals surface area contributed by atoms with Gasteiger partial charge in [-0.3, -0.25) is 9.78 Å². The van der Waals surface area contributed by atoms with E-state index in [1.165, 1.54) is 25.3 Å². The third-order valence-corrected chi connectivity index (χ3v) is 5.04. The minimum absolute atomic E-state index is 0.0191. The summed E-state index contributed by atoms with van der Waals surface area (Å²) in [7, 11) is -2.45. The van der Waals surface area contributed by atoms with Crippen molar-refractivity contribution in [1.82, 2.24) is 19.9 Å². The third-order valence-electron chi connectivity index (χ3n) is 3.62. The fourth-order valence-corrected chi connectivity index (χ4v) is 3.52. The van der Waals surface area contributed by atoms with Gasteiger partial charge in [-0.2, -0.15) is 5.10 Å². The monoisotopic (exact) mass is 372 g/mol. The van der Waals surface area contributed by atoms with Crippen molar-refractivity contribution in [1.29, 1.82) is 0 Å². The van der Waals surface area contributed by atoms with Crippen LogP contribution >= 0.6 is 0 Å². The number of H-pyrrole nitrogens is 1. The fraction of sp³-hybridized carbons (Fsp3) is 0.118. The molecule has 0 aliphatic heterocycles. The first-order valence-corrected chi connectivity index (χ1v) is 9.10.